The summed E-state index contributed by atoms with van der Waals surface area (Å²) in [7, 11) is 0. The lowest BCUT2D eigenvalue weighted by molar-refractivity contribution is -0.120. The second kappa shape index (κ2) is 7.32. The molecule has 0 atom stereocenters. The van der Waals surface area contributed by atoms with Gasteiger partial charge in [-0.25, -0.2) is 5.43 Å². The number of aromatic nitrogens is 2. The minimum Gasteiger partial charge on any atom is -0.369 e. The van der Waals surface area contributed by atoms with Gasteiger partial charge in [-0.05, 0) is 48.7 Å². The highest BCUT2D eigenvalue weighted by Gasteiger charge is 2.52. The van der Waals surface area contributed by atoms with Crippen LogP contribution in [0.15, 0.2) is 59.8 Å². The third-order valence-electron chi connectivity index (χ3n) is 5.85. The zero-order valence-corrected chi connectivity index (χ0v) is 16.9. The Hall–Kier alpha value is -4.51. The first kappa shape index (κ1) is 19.5. The van der Waals surface area contributed by atoms with Crippen molar-refractivity contribution in [3.8, 4) is 6.07 Å². The highest BCUT2D eigenvalue weighted by atomic mass is 16.2. The number of benzene rings is 2. The summed E-state index contributed by atoms with van der Waals surface area (Å²) in [6, 6.07) is 16.2. The number of hydrogen-bond donors (Lipinski definition) is 3. The molecule has 2 amide bonds. The number of hydrogen-bond acceptors (Lipinski definition) is 5. The van der Waals surface area contributed by atoms with E-state index >= 15 is 0 Å². The lowest BCUT2D eigenvalue weighted by atomic mass is 9.99. The van der Waals surface area contributed by atoms with Gasteiger partial charge in [-0.15, -0.1) is 0 Å². The number of H-pyrrole nitrogens is 1. The summed E-state index contributed by atoms with van der Waals surface area (Å²) in [5.74, 6) is -0.734. The van der Waals surface area contributed by atoms with Gasteiger partial charge in [-0.2, -0.15) is 10.4 Å². The molecule has 4 N–H and O–H groups in total. The third-order valence-corrected chi connectivity index (χ3v) is 5.85. The number of hydrazone groups is 1. The molecule has 1 aliphatic rings. The number of nitriles is 1. The van der Waals surface area contributed by atoms with Crippen molar-refractivity contribution in [1.29, 1.82) is 5.26 Å². The second-order valence-corrected chi connectivity index (χ2v) is 7.85. The number of aromatic amines is 1. The summed E-state index contributed by atoms with van der Waals surface area (Å²) in [5.41, 5.74) is 11.3. The van der Waals surface area contributed by atoms with E-state index in [1.807, 2.05) is 12.1 Å². The van der Waals surface area contributed by atoms with Crippen LogP contribution in [0.3, 0.4) is 0 Å². The third kappa shape index (κ3) is 3.17. The smallest absolute Gasteiger partial charge is 0.271 e. The van der Waals surface area contributed by atoms with Crippen LogP contribution in [-0.2, 0) is 10.2 Å². The molecule has 1 saturated carbocycles. The first-order valence-electron chi connectivity index (χ1n) is 10.1. The number of nitrogens with one attached hydrogen (secondary N) is 2. The van der Waals surface area contributed by atoms with Gasteiger partial charge in [0.25, 0.3) is 5.91 Å². The molecule has 0 saturated heterocycles. The summed E-state index contributed by atoms with van der Waals surface area (Å²) >= 11 is 0. The van der Waals surface area contributed by atoms with E-state index in [9.17, 15) is 9.59 Å². The molecular weight excluding hydrogens is 404 g/mol. The summed E-state index contributed by atoms with van der Waals surface area (Å²) < 4.78 is 0. The fourth-order valence-corrected chi connectivity index (χ4v) is 3.98. The van der Waals surface area contributed by atoms with E-state index in [1.165, 1.54) is 6.21 Å². The molecule has 32 heavy (non-hydrogen) atoms. The molecule has 1 aliphatic carbocycles. The highest BCUT2D eigenvalue weighted by molar-refractivity contribution is 6.11. The maximum absolute atomic E-state index is 12.6. The molecule has 8 heteroatoms. The Kier molecular flexibility index (Phi) is 4.45. The predicted octanol–water partition coefficient (Wildman–Crippen LogP) is 2.87. The lowest BCUT2D eigenvalue weighted by Gasteiger charge is -2.10. The number of carbonyl (C=O) groups is 2. The molecule has 4 aromatic rings. The van der Waals surface area contributed by atoms with Crippen LogP contribution in [0.2, 0.25) is 0 Å². The van der Waals surface area contributed by atoms with Crippen molar-refractivity contribution in [2.24, 2.45) is 10.8 Å². The molecule has 1 fully saturated rings. The molecule has 0 spiro atoms. The van der Waals surface area contributed by atoms with E-state index in [4.69, 9.17) is 11.0 Å². The van der Waals surface area contributed by atoms with Crippen molar-refractivity contribution in [1.82, 2.24) is 15.4 Å². The van der Waals surface area contributed by atoms with Crippen LogP contribution >= 0.6 is 0 Å². The second-order valence-electron chi connectivity index (χ2n) is 7.85. The number of amides is 2. The normalized spacial score (nSPS) is 14.5. The van der Waals surface area contributed by atoms with Gasteiger partial charge in [0.05, 0.1) is 34.5 Å². The summed E-state index contributed by atoms with van der Waals surface area (Å²) in [6.07, 6.45) is 4.54. The van der Waals surface area contributed by atoms with Gasteiger partial charge in [0, 0.05) is 28.0 Å². The maximum Gasteiger partial charge on any atom is 0.271 e. The molecule has 0 bridgehead atoms. The molecule has 0 unspecified atom stereocenters. The minimum absolute atomic E-state index is 0.366. The van der Waals surface area contributed by atoms with Crippen molar-refractivity contribution in [3.05, 3.63) is 77.1 Å². The molecule has 156 valence electrons. The Morgan fingerprint density at radius 1 is 1.19 bits per heavy atom. The molecule has 2 aromatic heterocycles. The van der Waals surface area contributed by atoms with E-state index in [1.54, 1.807) is 42.6 Å². The van der Waals surface area contributed by atoms with E-state index < -0.39 is 5.41 Å². The predicted molar refractivity (Wildman–Crippen MR) is 120 cm³/mol. The maximum atomic E-state index is 12.6. The monoisotopic (exact) mass is 422 g/mol. The lowest BCUT2D eigenvalue weighted by Crippen LogP contribution is -2.29. The average molecular weight is 422 g/mol. The van der Waals surface area contributed by atoms with Crippen molar-refractivity contribution in [2.75, 3.05) is 0 Å². The highest BCUT2D eigenvalue weighted by Crippen LogP contribution is 2.49. The van der Waals surface area contributed by atoms with Gasteiger partial charge < -0.3 is 10.7 Å². The number of pyridine rings is 1. The van der Waals surface area contributed by atoms with E-state index in [-0.39, 0.29) is 11.8 Å². The number of rotatable bonds is 5. The fraction of sp³-hybridized carbons (Fsp3) is 0.125. The van der Waals surface area contributed by atoms with Gasteiger partial charge in [-0.3, -0.25) is 14.6 Å². The largest absolute Gasteiger partial charge is 0.369 e. The van der Waals surface area contributed by atoms with Crippen LogP contribution in [0.5, 0.6) is 0 Å². The zero-order chi connectivity index (χ0) is 22.3. The molecule has 5 rings (SSSR count). The Balaban J connectivity index is 1.44. The summed E-state index contributed by atoms with van der Waals surface area (Å²) in [4.78, 5) is 32.4. The zero-order valence-electron chi connectivity index (χ0n) is 16.9. The SMILES string of the molecule is N#Cc1cccc(C=NNC(=O)c2ccc3c(c2)[nH]c2c(C4(C(N)=O)CC4)nccc23)c1. The molecule has 0 aliphatic heterocycles. The van der Waals surface area contributed by atoms with Gasteiger partial charge in [0.2, 0.25) is 5.91 Å². The molecule has 0 radical (unpaired) electrons. The first-order valence-corrected chi connectivity index (χ1v) is 10.1. The number of carbonyl (C=O) groups excluding carboxylic acids is 2. The van der Waals surface area contributed by atoms with Crippen LogP contribution in [0, 0.1) is 11.3 Å². The van der Waals surface area contributed by atoms with E-state index in [0.717, 1.165) is 21.8 Å². The number of fused-ring (bicyclic) bond motifs is 3. The first-order chi connectivity index (χ1) is 15.5. The number of primary amides is 1. The Morgan fingerprint density at radius 3 is 2.78 bits per heavy atom. The van der Waals surface area contributed by atoms with Crippen LogP contribution in [0.1, 0.15) is 40.0 Å². The molecule has 2 aromatic carbocycles. The van der Waals surface area contributed by atoms with Crippen molar-refractivity contribution < 1.29 is 9.59 Å². The van der Waals surface area contributed by atoms with Crippen molar-refractivity contribution in [3.63, 3.8) is 0 Å². The van der Waals surface area contributed by atoms with Gasteiger partial charge >= 0.3 is 0 Å². The Morgan fingerprint density at radius 2 is 2.03 bits per heavy atom. The van der Waals surface area contributed by atoms with Crippen molar-refractivity contribution >= 4 is 39.8 Å². The standard InChI is InChI=1S/C24H18N6O2/c25-12-14-2-1-3-15(10-14)13-28-30-22(31)16-4-5-17-18-6-9-27-21(20(18)29-19(17)11-16)24(7-8-24)23(26)32/h1-6,9-11,13,29H,7-8H2,(H2,26,32)(H,30,31). The summed E-state index contributed by atoms with van der Waals surface area (Å²) in [6.45, 7) is 0. The minimum atomic E-state index is -0.710. The molecule has 2 heterocycles. The quantitative estimate of drug-likeness (QED) is 0.336. The van der Waals surface area contributed by atoms with E-state index in [2.05, 4.69) is 26.6 Å². The van der Waals surface area contributed by atoms with Crippen LogP contribution < -0.4 is 11.2 Å². The number of nitrogens with two attached hydrogens (primary N) is 1. The summed E-state index contributed by atoms with van der Waals surface area (Å²) in [5, 5.41) is 14.8. The Bertz CT molecular complexity index is 1470. The Labute approximate surface area is 182 Å². The van der Waals surface area contributed by atoms with Gasteiger partial charge in [-0.1, -0.05) is 18.2 Å². The van der Waals surface area contributed by atoms with Crippen LogP contribution in [-0.4, -0.2) is 28.0 Å². The average Bonchev–Trinajstić information content (AvgIpc) is 3.54. The van der Waals surface area contributed by atoms with Crippen LogP contribution in [0.25, 0.3) is 21.8 Å². The van der Waals surface area contributed by atoms with Gasteiger partial charge in [0.1, 0.15) is 0 Å². The number of nitrogens with zero attached hydrogens (tertiary/aromatic N) is 3. The van der Waals surface area contributed by atoms with Crippen LogP contribution in [0.4, 0.5) is 0 Å². The van der Waals surface area contributed by atoms with Gasteiger partial charge in [0.15, 0.2) is 0 Å². The van der Waals surface area contributed by atoms with Crippen molar-refractivity contribution in [2.45, 2.75) is 18.3 Å². The van der Waals surface area contributed by atoms with E-state index in [0.29, 0.717) is 35.2 Å². The topological polar surface area (TPSA) is 137 Å². The molecule has 8 nitrogen and oxygen atoms in total. The fourth-order valence-electron chi connectivity index (χ4n) is 3.98. The molecular formula is C24H18N6O2.